The molecular formula is C14H20N2O. The van der Waals surface area contributed by atoms with Crippen LogP contribution in [0.5, 0.6) is 0 Å². The highest BCUT2D eigenvalue weighted by atomic mass is 16.2. The first-order chi connectivity index (χ1) is 8.33. The first-order valence-corrected chi connectivity index (χ1v) is 6.42. The van der Waals surface area contributed by atoms with Crippen LogP contribution in [-0.4, -0.2) is 25.0 Å². The summed E-state index contributed by atoms with van der Waals surface area (Å²) < 4.78 is 0. The molecule has 0 aromatic heterocycles. The van der Waals surface area contributed by atoms with Crippen LogP contribution < -0.4 is 10.2 Å². The monoisotopic (exact) mass is 232 g/mol. The van der Waals surface area contributed by atoms with E-state index in [1.165, 1.54) is 6.42 Å². The van der Waals surface area contributed by atoms with E-state index >= 15 is 0 Å². The maximum atomic E-state index is 12.4. The highest BCUT2D eigenvalue weighted by Gasteiger charge is 2.25. The number of benzene rings is 1. The molecule has 1 fully saturated rings. The Morgan fingerprint density at radius 1 is 1.35 bits per heavy atom. The van der Waals surface area contributed by atoms with Gasteiger partial charge in [0.05, 0.1) is 6.04 Å². The van der Waals surface area contributed by atoms with Gasteiger partial charge < -0.3 is 10.2 Å². The predicted molar refractivity (Wildman–Crippen MR) is 70.1 cm³/mol. The van der Waals surface area contributed by atoms with Crippen LogP contribution in [0, 0.1) is 0 Å². The number of amides is 1. The summed E-state index contributed by atoms with van der Waals surface area (Å²) in [6, 6.07) is 9.90. The molecule has 0 spiro atoms. The number of hydrogen-bond acceptors (Lipinski definition) is 2. The van der Waals surface area contributed by atoms with Crippen LogP contribution in [0.2, 0.25) is 0 Å². The molecule has 1 heterocycles. The summed E-state index contributed by atoms with van der Waals surface area (Å²) in [7, 11) is 0. The van der Waals surface area contributed by atoms with Crippen LogP contribution in [0.3, 0.4) is 0 Å². The zero-order chi connectivity index (χ0) is 12.1. The van der Waals surface area contributed by atoms with Gasteiger partial charge in [0.1, 0.15) is 0 Å². The van der Waals surface area contributed by atoms with Crippen LogP contribution in [0.4, 0.5) is 5.69 Å². The molecule has 17 heavy (non-hydrogen) atoms. The largest absolute Gasteiger partial charge is 0.311 e. The third kappa shape index (κ3) is 2.86. The summed E-state index contributed by atoms with van der Waals surface area (Å²) in [4.78, 5) is 14.3. The summed E-state index contributed by atoms with van der Waals surface area (Å²) in [6.07, 6.45) is 3.29. The van der Waals surface area contributed by atoms with Gasteiger partial charge in [-0.05, 0) is 38.4 Å². The molecule has 1 aromatic carbocycles. The summed E-state index contributed by atoms with van der Waals surface area (Å²) in [5, 5.41) is 3.31. The van der Waals surface area contributed by atoms with Crippen molar-refractivity contribution in [3.63, 3.8) is 0 Å². The van der Waals surface area contributed by atoms with Crippen molar-refractivity contribution in [2.45, 2.75) is 32.2 Å². The molecule has 1 N–H and O–H groups in total. The fourth-order valence-electron chi connectivity index (χ4n) is 2.32. The highest BCUT2D eigenvalue weighted by Crippen LogP contribution is 2.17. The summed E-state index contributed by atoms with van der Waals surface area (Å²) >= 11 is 0. The predicted octanol–water partition coefficient (Wildman–Crippen LogP) is 2.18. The quantitative estimate of drug-likeness (QED) is 0.866. The third-order valence-corrected chi connectivity index (χ3v) is 3.26. The van der Waals surface area contributed by atoms with E-state index in [4.69, 9.17) is 0 Å². The number of nitrogens with zero attached hydrogens (tertiary/aromatic N) is 1. The Morgan fingerprint density at radius 2 is 2.12 bits per heavy atom. The highest BCUT2D eigenvalue weighted by molar-refractivity contribution is 5.97. The fourth-order valence-corrected chi connectivity index (χ4v) is 2.32. The lowest BCUT2D eigenvalue weighted by atomic mass is 10.0. The molecule has 3 heteroatoms. The van der Waals surface area contributed by atoms with Crippen molar-refractivity contribution in [3.05, 3.63) is 30.3 Å². The van der Waals surface area contributed by atoms with E-state index in [1.807, 2.05) is 42.2 Å². The van der Waals surface area contributed by atoms with Crippen LogP contribution in [0.1, 0.15) is 26.2 Å². The van der Waals surface area contributed by atoms with E-state index in [9.17, 15) is 4.79 Å². The van der Waals surface area contributed by atoms with Gasteiger partial charge in [0.25, 0.3) is 0 Å². The number of carbonyl (C=O) groups is 1. The van der Waals surface area contributed by atoms with Gasteiger partial charge in [-0.2, -0.15) is 0 Å². The molecule has 1 aliphatic rings. The number of anilines is 1. The third-order valence-electron chi connectivity index (χ3n) is 3.26. The normalized spacial score (nSPS) is 19.9. The molecular weight excluding hydrogens is 212 g/mol. The summed E-state index contributed by atoms with van der Waals surface area (Å²) in [5.41, 5.74) is 0.993. The molecule has 0 unspecified atom stereocenters. The topological polar surface area (TPSA) is 32.3 Å². The van der Waals surface area contributed by atoms with Crippen LogP contribution in [0.25, 0.3) is 0 Å². The van der Waals surface area contributed by atoms with E-state index < -0.39 is 0 Å². The number of rotatable bonds is 3. The second kappa shape index (κ2) is 5.82. The average Bonchev–Trinajstić information content (AvgIpc) is 2.42. The Bertz CT molecular complexity index is 358. The number of likely N-dealkylation sites (N-methyl/N-ethyl adjacent to an activating group) is 1. The smallest absolute Gasteiger partial charge is 0.244 e. The zero-order valence-corrected chi connectivity index (χ0v) is 10.4. The van der Waals surface area contributed by atoms with E-state index in [-0.39, 0.29) is 11.9 Å². The molecule has 0 radical (unpaired) electrons. The van der Waals surface area contributed by atoms with Crippen molar-refractivity contribution in [1.82, 2.24) is 5.32 Å². The van der Waals surface area contributed by atoms with Gasteiger partial charge in [0.2, 0.25) is 5.91 Å². The molecule has 1 atom stereocenters. The Hall–Kier alpha value is -1.35. The lowest BCUT2D eigenvalue weighted by molar-refractivity contribution is -0.121. The maximum Gasteiger partial charge on any atom is 0.244 e. The second-order valence-corrected chi connectivity index (χ2v) is 4.42. The van der Waals surface area contributed by atoms with E-state index in [1.54, 1.807) is 0 Å². The molecule has 1 saturated heterocycles. The lowest BCUT2D eigenvalue weighted by Crippen LogP contribution is -2.48. The van der Waals surface area contributed by atoms with Crippen molar-refractivity contribution >= 4 is 11.6 Å². The molecule has 1 amide bonds. The van der Waals surface area contributed by atoms with Gasteiger partial charge in [-0.3, -0.25) is 4.79 Å². The van der Waals surface area contributed by atoms with Gasteiger partial charge in [0.15, 0.2) is 0 Å². The molecule has 2 rings (SSSR count). The minimum Gasteiger partial charge on any atom is -0.311 e. The second-order valence-electron chi connectivity index (χ2n) is 4.42. The van der Waals surface area contributed by atoms with Crippen molar-refractivity contribution in [2.75, 3.05) is 18.0 Å². The molecule has 0 aliphatic carbocycles. The van der Waals surface area contributed by atoms with Crippen LogP contribution >= 0.6 is 0 Å². The van der Waals surface area contributed by atoms with Gasteiger partial charge in [-0.15, -0.1) is 0 Å². The van der Waals surface area contributed by atoms with Gasteiger partial charge in [-0.1, -0.05) is 24.6 Å². The first kappa shape index (κ1) is 12.1. The number of carbonyl (C=O) groups excluding carboxylic acids is 1. The standard InChI is InChI=1S/C14H20N2O/c1-2-16(12-8-4-3-5-9-12)14(17)13-10-6-7-11-15-13/h3-5,8-9,13,15H,2,6-7,10-11H2,1H3/t13-/m0/s1. The lowest BCUT2D eigenvalue weighted by Gasteiger charge is -2.29. The van der Waals surface area contributed by atoms with Crippen molar-refractivity contribution in [2.24, 2.45) is 0 Å². The number of hydrogen-bond donors (Lipinski definition) is 1. The fraction of sp³-hybridized carbons (Fsp3) is 0.500. The molecule has 0 saturated carbocycles. The summed E-state index contributed by atoms with van der Waals surface area (Å²) in [5.74, 6) is 0.207. The van der Waals surface area contributed by atoms with Crippen LogP contribution in [-0.2, 0) is 4.79 Å². The van der Waals surface area contributed by atoms with E-state index in [0.29, 0.717) is 0 Å². The molecule has 3 nitrogen and oxygen atoms in total. The van der Waals surface area contributed by atoms with E-state index in [2.05, 4.69) is 5.32 Å². The van der Waals surface area contributed by atoms with Gasteiger partial charge in [0, 0.05) is 12.2 Å². The Balaban J connectivity index is 2.10. The zero-order valence-electron chi connectivity index (χ0n) is 10.4. The SMILES string of the molecule is CCN(C(=O)[C@@H]1CCCCN1)c1ccccc1. The van der Waals surface area contributed by atoms with Crippen molar-refractivity contribution in [1.29, 1.82) is 0 Å². The molecule has 0 bridgehead atoms. The Kier molecular flexibility index (Phi) is 4.15. The number of piperidine rings is 1. The Labute approximate surface area is 103 Å². The first-order valence-electron chi connectivity index (χ1n) is 6.42. The average molecular weight is 232 g/mol. The van der Waals surface area contributed by atoms with Gasteiger partial charge in [-0.25, -0.2) is 0 Å². The minimum absolute atomic E-state index is 0.00362. The van der Waals surface area contributed by atoms with Gasteiger partial charge >= 0.3 is 0 Å². The number of nitrogens with one attached hydrogen (secondary N) is 1. The van der Waals surface area contributed by atoms with Crippen molar-refractivity contribution < 1.29 is 4.79 Å². The van der Waals surface area contributed by atoms with E-state index in [0.717, 1.165) is 31.6 Å². The van der Waals surface area contributed by atoms with Crippen LogP contribution in [0.15, 0.2) is 30.3 Å². The molecule has 1 aromatic rings. The number of para-hydroxylation sites is 1. The Morgan fingerprint density at radius 3 is 2.71 bits per heavy atom. The molecule has 1 aliphatic heterocycles. The maximum absolute atomic E-state index is 12.4. The molecule has 92 valence electrons. The minimum atomic E-state index is 0.00362. The summed E-state index contributed by atoms with van der Waals surface area (Å²) in [6.45, 7) is 3.71. The van der Waals surface area contributed by atoms with Crippen molar-refractivity contribution in [3.8, 4) is 0 Å².